The zero-order valence-electron chi connectivity index (χ0n) is 14.9. The van der Waals surface area contributed by atoms with Crippen LogP contribution in [0, 0.1) is 0 Å². The van der Waals surface area contributed by atoms with Crippen molar-refractivity contribution in [2.24, 2.45) is 0 Å². The summed E-state index contributed by atoms with van der Waals surface area (Å²) in [4.78, 5) is 12.1. The van der Waals surface area contributed by atoms with E-state index in [4.69, 9.17) is 39.5 Å². The Balaban J connectivity index is 1.83. The Morgan fingerprint density at radius 2 is 1.55 bits per heavy atom. The summed E-state index contributed by atoms with van der Waals surface area (Å²) in [5.74, 6) is 0. The van der Waals surface area contributed by atoms with Crippen molar-refractivity contribution >= 4 is 61.5 Å². The first-order valence-corrected chi connectivity index (χ1v) is 11.1. The number of alkyl halides is 3. The van der Waals surface area contributed by atoms with Gasteiger partial charge in [-0.05, 0) is 28.5 Å². The number of ether oxygens (including phenoxy) is 1. The van der Waals surface area contributed by atoms with Crippen molar-refractivity contribution in [3.05, 3.63) is 78.4 Å². The van der Waals surface area contributed by atoms with Crippen molar-refractivity contribution in [3.63, 3.8) is 0 Å². The molecule has 1 atom stereocenters. The van der Waals surface area contributed by atoms with Gasteiger partial charge in [-0.15, -0.1) is 0 Å². The highest BCUT2D eigenvalue weighted by atomic mass is 35.6. The van der Waals surface area contributed by atoms with Gasteiger partial charge in [-0.3, -0.25) is 0 Å². The van der Waals surface area contributed by atoms with E-state index >= 15 is 0 Å². The Hall–Kier alpha value is -1.99. The van der Waals surface area contributed by atoms with E-state index in [1.165, 1.54) is 12.1 Å². The number of nitrogens with one attached hydrogen (secondary N) is 1. The Labute approximate surface area is 183 Å². The zero-order chi connectivity index (χ0) is 21.1. The van der Waals surface area contributed by atoms with Crippen LogP contribution in [0.25, 0.3) is 10.8 Å². The van der Waals surface area contributed by atoms with Crippen LogP contribution >= 0.6 is 34.8 Å². The van der Waals surface area contributed by atoms with Crippen molar-refractivity contribution in [1.29, 1.82) is 0 Å². The molecule has 1 N–H and O–H groups in total. The van der Waals surface area contributed by atoms with E-state index in [1.54, 1.807) is 42.5 Å². The molecule has 0 radical (unpaired) electrons. The number of halogens is 3. The fraction of sp³-hybridized carbons (Fsp3) is 0.150. The molecule has 0 fully saturated rings. The van der Waals surface area contributed by atoms with E-state index in [1.807, 2.05) is 18.2 Å². The van der Waals surface area contributed by atoms with Gasteiger partial charge in [0.2, 0.25) is 13.6 Å². The number of carbonyl (C=O) groups is 1. The molecule has 0 unspecified atom stereocenters. The van der Waals surface area contributed by atoms with Crippen molar-refractivity contribution in [2.45, 2.75) is 20.7 Å². The second kappa shape index (κ2) is 8.79. The van der Waals surface area contributed by atoms with Crippen molar-refractivity contribution in [1.82, 2.24) is 5.32 Å². The van der Waals surface area contributed by atoms with Gasteiger partial charge in [0.05, 0.1) is 4.90 Å². The van der Waals surface area contributed by atoms with Crippen LogP contribution in [0.4, 0.5) is 4.79 Å². The maximum atomic E-state index is 13.1. The van der Waals surface area contributed by atoms with E-state index in [0.29, 0.717) is 5.39 Å². The first-order chi connectivity index (χ1) is 13.7. The number of alkyl carbamates (subject to hydrolysis) is 1. The predicted octanol–water partition coefficient (Wildman–Crippen LogP) is 5.24. The number of rotatable bonds is 5. The molecule has 0 aliphatic heterocycles. The molecular weight excluding hydrogens is 457 g/mol. The van der Waals surface area contributed by atoms with Gasteiger partial charge in [0.1, 0.15) is 6.61 Å². The van der Waals surface area contributed by atoms with Crippen LogP contribution in [-0.4, -0.2) is 23.7 Å². The summed E-state index contributed by atoms with van der Waals surface area (Å²) >= 11 is 17.7. The molecule has 9 heteroatoms. The van der Waals surface area contributed by atoms with Gasteiger partial charge in [0, 0.05) is 0 Å². The molecule has 3 aromatic rings. The summed E-state index contributed by atoms with van der Waals surface area (Å²) in [6, 6.07) is 20.6. The Morgan fingerprint density at radius 3 is 2.21 bits per heavy atom. The van der Waals surface area contributed by atoms with Crippen molar-refractivity contribution in [3.8, 4) is 0 Å². The number of fused-ring (bicyclic) bond motifs is 1. The summed E-state index contributed by atoms with van der Waals surface area (Å²) < 4.78 is 29.0. The number of amides is 1. The molecular formula is C20H16Cl3NO4S. The summed E-state index contributed by atoms with van der Waals surface area (Å²) in [6.45, 7) is -0.0602. The highest BCUT2D eigenvalue weighted by molar-refractivity contribution is 7.92. The van der Waals surface area contributed by atoms with Crippen LogP contribution in [-0.2, 0) is 21.2 Å². The van der Waals surface area contributed by atoms with Gasteiger partial charge in [-0.25, -0.2) is 13.2 Å². The molecule has 0 aromatic heterocycles. The second-order valence-electron chi connectivity index (χ2n) is 6.18. The average Bonchev–Trinajstić information content (AvgIpc) is 2.70. The molecule has 0 heterocycles. The first kappa shape index (κ1) is 21.7. The number of hydrogen-bond acceptors (Lipinski definition) is 4. The number of sulfone groups is 1. The van der Waals surface area contributed by atoms with Gasteiger partial charge in [-0.1, -0.05) is 95.5 Å². The maximum absolute atomic E-state index is 13.1. The molecule has 3 rings (SSSR count). The lowest BCUT2D eigenvalue weighted by Gasteiger charge is -2.25. The molecule has 0 saturated heterocycles. The highest BCUT2D eigenvalue weighted by Crippen LogP contribution is 2.36. The number of benzene rings is 3. The SMILES string of the molecule is O=C(N[C@@H](C(Cl)(Cl)Cl)S(=O)(=O)c1ccc2ccccc2c1)OCc1ccccc1. The zero-order valence-corrected chi connectivity index (χ0v) is 18.0. The minimum atomic E-state index is -4.24. The van der Waals surface area contributed by atoms with E-state index in [9.17, 15) is 13.2 Å². The smallest absolute Gasteiger partial charge is 0.408 e. The Kier molecular flexibility index (Phi) is 6.58. The third kappa shape index (κ3) is 5.34. The van der Waals surface area contributed by atoms with Gasteiger partial charge in [0.15, 0.2) is 5.37 Å². The van der Waals surface area contributed by atoms with Gasteiger partial charge < -0.3 is 10.1 Å². The first-order valence-electron chi connectivity index (χ1n) is 8.44. The Morgan fingerprint density at radius 1 is 0.931 bits per heavy atom. The van der Waals surface area contributed by atoms with Gasteiger partial charge in [0.25, 0.3) is 0 Å². The molecule has 0 aliphatic rings. The molecule has 3 aromatic carbocycles. The van der Waals surface area contributed by atoms with Crippen LogP contribution in [0.1, 0.15) is 5.56 Å². The van der Waals surface area contributed by atoms with E-state index < -0.39 is 25.1 Å². The molecule has 0 aliphatic carbocycles. The fourth-order valence-electron chi connectivity index (χ4n) is 2.69. The maximum Gasteiger partial charge on any atom is 0.408 e. The minimum absolute atomic E-state index is 0.0602. The third-order valence-corrected chi connectivity index (χ3v) is 7.16. The van der Waals surface area contributed by atoms with Crippen molar-refractivity contribution < 1.29 is 17.9 Å². The predicted molar refractivity (Wildman–Crippen MR) is 115 cm³/mol. The fourth-order valence-corrected chi connectivity index (χ4v) is 5.33. The summed E-state index contributed by atoms with van der Waals surface area (Å²) in [6.07, 6.45) is -1.02. The van der Waals surface area contributed by atoms with Gasteiger partial charge in [-0.2, -0.15) is 0 Å². The molecule has 0 bridgehead atoms. The quantitative estimate of drug-likeness (QED) is 0.516. The molecule has 5 nitrogen and oxygen atoms in total. The van der Waals surface area contributed by atoms with Crippen molar-refractivity contribution in [2.75, 3.05) is 0 Å². The number of carbonyl (C=O) groups excluding carboxylic acids is 1. The topological polar surface area (TPSA) is 72.5 Å². The standard InChI is InChI=1S/C20H16Cl3NO4S/c21-20(22,23)18(24-19(25)28-13-14-6-2-1-3-7-14)29(26,27)17-11-10-15-8-4-5-9-16(15)12-17/h1-12,18H,13H2,(H,24,25)/t18-/m1/s1. The van der Waals surface area contributed by atoms with E-state index in [0.717, 1.165) is 10.9 Å². The van der Waals surface area contributed by atoms with Crippen LogP contribution in [0.2, 0.25) is 0 Å². The second-order valence-corrected chi connectivity index (χ2v) is 10.6. The lowest BCUT2D eigenvalue weighted by Crippen LogP contribution is -2.49. The van der Waals surface area contributed by atoms with E-state index in [2.05, 4.69) is 5.32 Å². The van der Waals surface area contributed by atoms with E-state index in [-0.39, 0.29) is 11.5 Å². The third-order valence-electron chi connectivity index (χ3n) is 4.12. The summed E-state index contributed by atoms with van der Waals surface area (Å²) in [5, 5.41) is 1.88. The summed E-state index contributed by atoms with van der Waals surface area (Å²) in [7, 11) is -4.24. The lowest BCUT2D eigenvalue weighted by molar-refractivity contribution is 0.138. The van der Waals surface area contributed by atoms with Crippen LogP contribution in [0.5, 0.6) is 0 Å². The largest absolute Gasteiger partial charge is 0.445 e. The molecule has 0 spiro atoms. The van der Waals surface area contributed by atoms with Crippen LogP contribution in [0.3, 0.4) is 0 Å². The summed E-state index contributed by atoms with van der Waals surface area (Å²) in [5.41, 5.74) is 0.727. The normalized spacial score (nSPS) is 13.1. The van der Waals surface area contributed by atoms with Gasteiger partial charge >= 0.3 is 6.09 Å². The average molecular weight is 473 g/mol. The molecule has 1 amide bonds. The Bertz CT molecular complexity index is 1120. The lowest BCUT2D eigenvalue weighted by atomic mass is 10.1. The molecule has 29 heavy (non-hydrogen) atoms. The molecule has 152 valence electrons. The monoisotopic (exact) mass is 471 g/mol. The van der Waals surface area contributed by atoms with Crippen LogP contribution < -0.4 is 5.32 Å². The molecule has 0 saturated carbocycles. The highest BCUT2D eigenvalue weighted by Gasteiger charge is 2.45. The number of hydrogen-bond donors (Lipinski definition) is 1. The van der Waals surface area contributed by atoms with Crippen LogP contribution in [0.15, 0.2) is 77.7 Å². The minimum Gasteiger partial charge on any atom is -0.445 e.